The van der Waals surface area contributed by atoms with E-state index >= 15 is 0 Å². The molecule has 1 aromatic carbocycles. The third-order valence-corrected chi connectivity index (χ3v) is 4.67. The van der Waals surface area contributed by atoms with Crippen molar-refractivity contribution in [2.75, 3.05) is 11.9 Å². The number of rotatable bonds is 6. The van der Waals surface area contributed by atoms with E-state index in [1.54, 1.807) is 6.92 Å². The molecule has 2 rings (SSSR count). The molecule has 1 amide bonds. The smallest absolute Gasteiger partial charge is 0.238 e. The molecule has 4 N–H and O–H groups in total. The number of benzene rings is 1. The monoisotopic (exact) mass is 374 g/mol. The second kappa shape index (κ2) is 11.6. The molecule has 1 aliphatic carbocycles. The highest BCUT2D eigenvalue weighted by Gasteiger charge is 2.24. The zero-order chi connectivity index (χ0) is 20.4. The topological polar surface area (TPSA) is 84.6 Å². The van der Waals surface area contributed by atoms with Crippen molar-refractivity contribution >= 4 is 11.6 Å². The molecule has 1 aliphatic rings. The molecule has 150 valence electrons. The van der Waals surface area contributed by atoms with Crippen LogP contribution in [0.5, 0.6) is 0 Å². The number of amides is 1. The zero-order valence-corrected chi connectivity index (χ0v) is 16.8. The van der Waals surface area contributed by atoms with E-state index in [1.165, 1.54) is 6.42 Å². The molecule has 27 heavy (non-hydrogen) atoms. The number of ether oxygens (including phenoxy) is 1. The molecule has 1 aromatic rings. The first-order valence-corrected chi connectivity index (χ1v) is 9.45. The normalized spacial score (nSPS) is 21.4. The van der Waals surface area contributed by atoms with Gasteiger partial charge in [0.25, 0.3) is 0 Å². The van der Waals surface area contributed by atoms with Gasteiger partial charge in [-0.05, 0) is 56.2 Å². The minimum absolute atomic E-state index is 0.0219. The van der Waals surface area contributed by atoms with Gasteiger partial charge in [-0.3, -0.25) is 4.79 Å². The minimum atomic E-state index is -0.203. The summed E-state index contributed by atoms with van der Waals surface area (Å²) in [6.07, 6.45) is 5.02. The Hall–Kier alpha value is -2.11. The highest BCUT2D eigenvalue weighted by atomic mass is 16.5. The highest BCUT2D eigenvalue weighted by molar-refractivity contribution is 5.92. The summed E-state index contributed by atoms with van der Waals surface area (Å²) in [5.41, 5.74) is 7.99. The summed E-state index contributed by atoms with van der Waals surface area (Å²) in [5, 5.41) is 12.2. The van der Waals surface area contributed by atoms with E-state index in [4.69, 9.17) is 10.5 Å². The van der Waals surface area contributed by atoms with E-state index in [0.717, 1.165) is 35.6 Å². The molecule has 0 bridgehead atoms. The maximum atomic E-state index is 11.2. The first-order chi connectivity index (χ1) is 12.8. The number of hydrogen-bond donors (Lipinski definition) is 3. The van der Waals surface area contributed by atoms with Crippen LogP contribution >= 0.6 is 0 Å². The first-order valence-electron chi connectivity index (χ1n) is 9.45. The molecule has 3 unspecified atom stereocenters. The molecule has 0 saturated heterocycles. The zero-order valence-electron chi connectivity index (χ0n) is 16.8. The van der Waals surface area contributed by atoms with Crippen LogP contribution in [0.1, 0.15) is 44.2 Å². The van der Waals surface area contributed by atoms with E-state index in [-0.39, 0.29) is 18.6 Å². The molecule has 5 nitrogen and oxygen atoms in total. The molecule has 0 spiro atoms. The molecule has 5 heteroatoms. The quantitative estimate of drug-likeness (QED) is 0.520. The Labute approximate surface area is 163 Å². The van der Waals surface area contributed by atoms with Crippen LogP contribution in [0.25, 0.3) is 0 Å². The number of aryl methyl sites for hydroxylation is 1. The van der Waals surface area contributed by atoms with Gasteiger partial charge in [0.1, 0.15) is 6.61 Å². The SMILES string of the molecule is C=C(C)OCc1ccc(C)c(NC(=O)CN)c1.C=CC1CC(C)CCC1O. The fraction of sp³-hybridized carbons (Fsp3) is 0.500. The Bertz CT molecular complexity index is 642. The van der Waals surface area contributed by atoms with Crippen LogP contribution in [-0.2, 0) is 16.1 Å². The predicted octanol–water partition coefficient (Wildman–Crippen LogP) is 3.91. The van der Waals surface area contributed by atoms with Gasteiger partial charge in [-0.2, -0.15) is 0 Å². The van der Waals surface area contributed by atoms with Crippen LogP contribution < -0.4 is 11.1 Å². The van der Waals surface area contributed by atoms with Crippen LogP contribution in [-0.4, -0.2) is 23.7 Å². The molecule has 0 radical (unpaired) electrons. The number of aliphatic hydroxyl groups excluding tert-OH is 1. The Balaban J connectivity index is 0.000000309. The van der Waals surface area contributed by atoms with Gasteiger partial charge < -0.3 is 20.9 Å². The number of nitrogens with one attached hydrogen (secondary N) is 1. The van der Waals surface area contributed by atoms with E-state index in [1.807, 2.05) is 31.2 Å². The number of aliphatic hydroxyl groups is 1. The van der Waals surface area contributed by atoms with Crippen LogP contribution in [0, 0.1) is 18.8 Å². The summed E-state index contributed by atoms with van der Waals surface area (Å²) in [7, 11) is 0. The average Bonchev–Trinajstić information content (AvgIpc) is 2.64. The lowest BCUT2D eigenvalue weighted by Crippen LogP contribution is -2.26. The first kappa shape index (κ1) is 22.9. The molecule has 1 fully saturated rings. The molecule has 1 saturated carbocycles. The molecule has 0 heterocycles. The van der Waals surface area contributed by atoms with Gasteiger partial charge >= 0.3 is 0 Å². The standard InChI is InChI=1S/C13H18N2O2.C9H16O/c1-9(2)17-8-11-5-4-10(3)12(6-11)15-13(16)7-14;1-3-8-6-7(2)4-5-9(8)10/h4-6H,1,7-8,14H2,2-3H3,(H,15,16);3,7-10H,1,4-6H2,2H3. The largest absolute Gasteiger partial charge is 0.494 e. The summed E-state index contributed by atoms with van der Waals surface area (Å²) in [6, 6.07) is 5.77. The second-order valence-corrected chi connectivity index (χ2v) is 7.28. The number of hydrogen-bond acceptors (Lipinski definition) is 4. The predicted molar refractivity (Wildman–Crippen MR) is 111 cm³/mol. The van der Waals surface area contributed by atoms with Gasteiger partial charge in [0.15, 0.2) is 0 Å². The third kappa shape index (κ3) is 8.41. The van der Waals surface area contributed by atoms with Gasteiger partial charge in [-0.25, -0.2) is 0 Å². The number of carbonyl (C=O) groups is 1. The maximum absolute atomic E-state index is 11.2. The summed E-state index contributed by atoms with van der Waals surface area (Å²) in [4.78, 5) is 11.2. The Morgan fingerprint density at radius 1 is 1.44 bits per heavy atom. The molecular weight excluding hydrogens is 340 g/mol. The maximum Gasteiger partial charge on any atom is 0.238 e. The number of allylic oxidation sites excluding steroid dienone is 1. The van der Waals surface area contributed by atoms with Crippen molar-refractivity contribution in [2.24, 2.45) is 17.6 Å². The van der Waals surface area contributed by atoms with Gasteiger partial charge in [-0.1, -0.05) is 31.7 Å². The highest BCUT2D eigenvalue weighted by Crippen LogP contribution is 2.29. The van der Waals surface area contributed by atoms with E-state index in [0.29, 0.717) is 18.3 Å². The lowest BCUT2D eigenvalue weighted by molar-refractivity contribution is -0.114. The second-order valence-electron chi connectivity index (χ2n) is 7.28. The van der Waals surface area contributed by atoms with Crippen molar-refractivity contribution in [1.82, 2.24) is 0 Å². The van der Waals surface area contributed by atoms with Crippen molar-refractivity contribution in [3.8, 4) is 0 Å². The lowest BCUT2D eigenvalue weighted by atomic mass is 9.80. The Morgan fingerprint density at radius 3 is 2.70 bits per heavy atom. The van der Waals surface area contributed by atoms with Gasteiger partial charge in [0, 0.05) is 11.6 Å². The van der Waals surface area contributed by atoms with Crippen LogP contribution in [0.15, 0.2) is 43.2 Å². The third-order valence-electron chi connectivity index (χ3n) is 4.67. The number of carbonyl (C=O) groups excluding carboxylic acids is 1. The van der Waals surface area contributed by atoms with Crippen molar-refractivity contribution in [3.05, 3.63) is 54.3 Å². The minimum Gasteiger partial charge on any atom is -0.494 e. The van der Waals surface area contributed by atoms with Crippen molar-refractivity contribution < 1.29 is 14.6 Å². The van der Waals surface area contributed by atoms with Crippen LogP contribution in [0.3, 0.4) is 0 Å². The van der Waals surface area contributed by atoms with Crippen LogP contribution in [0.2, 0.25) is 0 Å². The molecule has 3 atom stereocenters. The molecule has 0 aromatic heterocycles. The van der Waals surface area contributed by atoms with E-state index < -0.39 is 0 Å². The summed E-state index contributed by atoms with van der Waals surface area (Å²) in [5.74, 6) is 1.58. The van der Waals surface area contributed by atoms with Crippen molar-refractivity contribution in [2.45, 2.75) is 52.7 Å². The molecule has 0 aliphatic heterocycles. The Kier molecular flexibility index (Phi) is 9.83. The fourth-order valence-electron chi connectivity index (χ4n) is 2.96. The number of anilines is 1. The van der Waals surface area contributed by atoms with Gasteiger partial charge in [-0.15, -0.1) is 6.58 Å². The van der Waals surface area contributed by atoms with E-state index in [9.17, 15) is 9.90 Å². The summed E-state index contributed by atoms with van der Waals surface area (Å²) < 4.78 is 5.32. The summed E-state index contributed by atoms with van der Waals surface area (Å²) >= 11 is 0. The van der Waals surface area contributed by atoms with Gasteiger partial charge in [0.05, 0.1) is 18.4 Å². The van der Waals surface area contributed by atoms with E-state index in [2.05, 4.69) is 25.4 Å². The number of nitrogens with two attached hydrogens (primary N) is 1. The van der Waals surface area contributed by atoms with Crippen molar-refractivity contribution in [3.63, 3.8) is 0 Å². The fourth-order valence-corrected chi connectivity index (χ4v) is 2.96. The van der Waals surface area contributed by atoms with Crippen LogP contribution in [0.4, 0.5) is 5.69 Å². The molecular formula is C22H34N2O3. The van der Waals surface area contributed by atoms with Crippen molar-refractivity contribution in [1.29, 1.82) is 0 Å². The summed E-state index contributed by atoms with van der Waals surface area (Å²) in [6.45, 7) is 13.8. The Morgan fingerprint density at radius 2 is 2.15 bits per heavy atom. The lowest BCUT2D eigenvalue weighted by Gasteiger charge is -2.29. The van der Waals surface area contributed by atoms with Gasteiger partial charge in [0.2, 0.25) is 5.91 Å². The average molecular weight is 375 g/mol.